The molecule has 3 rings (SSSR count). The van der Waals surface area contributed by atoms with Crippen molar-refractivity contribution in [2.75, 3.05) is 27.9 Å². The van der Waals surface area contributed by atoms with Gasteiger partial charge in [0.25, 0.3) is 15.9 Å². The van der Waals surface area contributed by atoms with E-state index in [2.05, 4.69) is 5.32 Å². The van der Waals surface area contributed by atoms with E-state index >= 15 is 0 Å². The summed E-state index contributed by atoms with van der Waals surface area (Å²) in [5.74, 6) is -0.289. The van der Waals surface area contributed by atoms with Gasteiger partial charge < -0.3 is 19.5 Å². The molecule has 0 bridgehead atoms. The molecule has 1 aliphatic rings. The van der Waals surface area contributed by atoms with Gasteiger partial charge in [-0.05, 0) is 29.7 Å². The van der Waals surface area contributed by atoms with Gasteiger partial charge in [-0.2, -0.15) is 0 Å². The molecule has 1 N–H and O–H groups in total. The van der Waals surface area contributed by atoms with Crippen molar-refractivity contribution < 1.29 is 32.2 Å². The van der Waals surface area contributed by atoms with Crippen LogP contribution in [-0.2, 0) is 14.8 Å². The third-order valence-corrected chi connectivity index (χ3v) is 7.02. The third kappa shape index (κ3) is 4.22. The molecule has 2 aromatic carbocycles. The van der Waals surface area contributed by atoms with Gasteiger partial charge in [-0.25, -0.2) is 12.7 Å². The van der Waals surface area contributed by atoms with Crippen LogP contribution in [0.1, 0.15) is 35.8 Å². The number of ether oxygens (including phenoxy) is 3. The van der Waals surface area contributed by atoms with Crippen LogP contribution >= 0.6 is 0 Å². The maximum Gasteiger partial charge on any atom is 0.269 e. The second-order valence-corrected chi connectivity index (χ2v) is 9.41. The molecule has 0 radical (unpaired) electrons. The van der Waals surface area contributed by atoms with Gasteiger partial charge in [0.15, 0.2) is 11.5 Å². The first-order valence-electron chi connectivity index (χ1n) is 9.90. The van der Waals surface area contributed by atoms with E-state index in [0.29, 0.717) is 10.1 Å². The number of carbonyl (C=O) groups is 2. The number of nitrogens with one attached hydrogen (secondary N) is 1. The van der Waals surface area contributed by atoms with Crippen LogP contribution in [0, 0.1) is 5.92 Å². The highest BCUT2D eigenvalue weighted by molar-refractivity contribution is 7.90. The van der Waals surface area contributed by atoms with Crippen LogP contribution < -0.4 is 19.5 Å². The van der Waals surface area contributed by atoms with E-state index in [-0.39, 0.29) is 33.9 Å². The Bertz CT molecular complexity index is 1130. The Morgan fingerprint density at radius 1 is 1.00 bits per heavy atom. The maximum absolute atomic E-state index is 13.0. The molecule has 0 aliphatic carbocycles. The summed E-state index contributed by atoms with van der Waals surface area (Å²) in [5.41, 5.74) is 0.772. The van der Waals surface area contributed by atoms with E-state index in [1.54, 1.807) is 19.2 Å². The van der Waals surface area contributed by atoms with Crippen LogP contribution in [0.5, 0.6) is 17.2 Å². The van der Waals surface area contributed by atoms with Gasteiger partial charge in [-0.1, -0.05) is 26.0 Å². The minimum absolute atomic E-state index is 0.0175. The normalized spacial score (nSPS) is 15.3. The Morgan fingerprint density at radius 3 is 2.12 bits per heavy atom. The van der Waals surface area contributed by atoms with Crippen molar-refractivity contribution in [3.8, 4) is 17.2 Å². The SMILES string of the molecule is COc1ccc(C(NC(=O)CN2C(=O)c3cc(OC)c(OC)cc3S2(=O)=O)C(C)C)cc1. The summed E-state index contributed by atoms with van der Waals surface area (Å²) >= 11 is 0. The zero-order valence-corrected chi connectivity index (χ0v) is 19.4. The summed E-state index contributed by atoms with van der Waals surface area (Å²) in [6, 6.07) is 9.38. The number of nitrogens with zero attached hydrogens (tertiary/aromatic N) is 1. The molecule has 9 nitrogen and oxygen atoms in total. The zero-order valence-electron chi connectivity index (χ0n) is 18.5. The van der Waals surface area contributed by atoms with Gasteiger partial charge in [-0.3, -0.25) is 9.59 Å². The third-order valence-electron chi connectivity index (χ3n) is 5.26. The van der Waals surface area contributed by atoms with Gasteiger partial charge in [0.1, 0.15) is 17.2 Å². The lowest BCUT2D eigenvalue weighted by Gasteiger charge is -2.24. The first-order valence-corrected chi connectivity index (χ1v) is 11.3. The summed E-state index contributed by atoms with van der Waals surface area (Å²) in [6.45, 7) is 3.22. The van der Waals surface area contributed by atoms with Crippen molar-refractivity contribution >= 4 is 21.8 Å². The van der Waals surface area contributed by atoms with Gasteiger partial charge in [0.2, 0.25) is 5.91 Å². The summed E-state index contributed by atoms with van der Waals surface area (Å²) in [5, 5.41) is 2.84. The molecule has 32 heavy (non-hydrogen) atoms. The quantitative estimate of drug-likeness (QED) is 0.641. The van der Waals surface area contributed by atoms with E-state index in [0.717, 1.165) is 5.56 Å². The number of carbonyl (C=O) groups excluding carboxylic acids is 2. The van der Waals surface area contributed by atoms with Gasteiger partial charge in [-0.15, -0.1) is 0 Å². The van der Waals surface area contributed by atoms with Crippen LogP contribution in [0.3, 0.4) is 0 Å². The Kier molecular flexibility index (Phi) is 6.63. The van der Waals surface area contributed by atoms with E-state index in [1.165, 1.54) is 26.4 Å². The summed E-state index contributed by atoms with van der Waals surface area (Å²) < 4.78 is 42.0. The number of fused-ring (bicyclic) bond motifs is 1. The van der Waals surface area contributed by atoms with Crippen LogP contribution in [0.2, 0.25) is 0 Å². The minimum Gasteiger partial charge on any atom is -0.497 e. The molecule has 1 heterocycles. The summed E-state index contributed by atoms with van der Waals surface area (Å²) in [4.78, 5) is 25.4. The van der Waals surface area contributed by atoms with Crippen molar-refractivity contribution in [3.05, 3.63) is 47.5 Å². The molecule has 0 saturated heterocycles. The average Bonchev–Trinajstić information content (AvgIpc) is 2.96. The zero-order chi connectivity index (χ0) is 23.6. The lowest BCUT2D eigenvalue weighted by Crippen LogP contribution is -2.42. The van der Waals surface area contributed by atoms with Gasteiger partial charge in [0, 0.05) is 6.07 Å². The molecule has 10 heteroatoms. The smallest absolute Gasteiger partial charge is 0.269 e. The molecule has 172 valence electrons. The van der Waals surface area contributed by atoms with Gasteiger partial charge >= 0.3 is 0 Å². The molecule has 1 unspecified atom stereocenters. The predicted molar refractivity (Wildman–Crippen MR) is 116 cm³/mol. The highest BCUT2D eigenvalue weighted by Crippen LogP contribution is 2.38. The van der Waals surface area contributed by atoms with E-state index in [1.807, 2.05) is 26.0 Å². The number of rotatable bonds is 8. The van der Waals surface area contributed by atoms with E-state index in [4.69, 9.17) is 14.2 Å². The molecule has 1 aliphatic heterocycles. The summed E-state index contributed by atoms with van der Waals surface area (Å²) in [6.07, 6.45) is 0. The fourth-order valence-corrected chi connectivity index (χ4v) is 5.08. The second kappa shape index (κ2) is 9.07. The molecular formula is C22H26N2O7S. The topological polar surface area (TPSA) is 111 Å². The highest BCUT2D eigenvalue weighted by atomic mass is 32.2. The first kappa shape index (κ1) is 23.4. The fourth-order valence-electron chi connectivity index (χ4n) is 3.56. The number of hydrogen-bond acceptors (Lipinski definition) is 7. The molecular weight excluding hydrogens is 436 g/mol. The van der Waals surface area contributed by atoms with Crippen LogP contribution in [0.25, 0.3) is 0 Å². The number of amides is 2. The second-order valence-electron chi connectivity index (χ2n) is 7.58. The molecule has 1 atom stereocenters. The molecule has 2 aromatic rings. The largest absolute Gasteiger partial charge is 0.497 e. The maximum atomic E-state index is 13.0. The summed E-state index contributed by atoms with van der Waals surface area (Å²) in [7, 11) is 0.105. The molecule has 2 amide bonds. The van der Waals surface area contributed by atoms with Crippen LogP contribution in [-0.4, -0.2) is 52.4 Å². The van der Waals surface area contributed by atoms with Crippen molar-refractivity contribution in [1.29, 1.82) is 0 Å². The van der Waals surface area contributed by atoms with Crippen molar-refractivity contribution in [2.24, 2.45) is 5.92 Å². The minimum atomic E-state index is -4.21. The molecule has 0 aromatic heterocycles. The lowest BCUT2D eigenvalue weighted by atomic mass is 9.96. The van der Waals surface area contributed by atoms with Crippen LogP contribution in [0.15, 0.2) is 41.3 Å². The van der Waals surface area contributed by atoms with E-state index < -0.39 is 28.4 Å². The standard InChI is InChI=1S/C22H26N2O7S/c1-13(2)21(14-6-8-15(29-3)9-7-14)23-20(25)12-24-22(26)16-10-17(30-4)18(31-5)11-19(16)32(24,27)28/h6-11,13,21H,12H2,1-5H3,(H,23,25). The Balaban J connectivity index is 1.84. The van der Waals surface area contributed by atoms with Crippen molar-refractivity contribution in [1.82, 2.24) is 9.62 Å². The first-order chi connectivity index (χ1) is 15.1. The number of hydrogen-bond donors (Lipinski definition) is 1. The lowest BCUT2D eigenvalue weighted by molar-refractivity contribution is -0.122. The molecule has 0 saturated carbocycles. The predicted octanol–water partition coefficient (Wildman–Crippen LogP) is 2.37. The monoisotopic (exact) mass is 462 g/mol. The number of sulfonamides is 1. The van der Waals surface area contributed by atoms with Crippen molar-refractivity contribution in [2.45, 2.75) is 24.8 Å². The van der Waals surface area contributed by atoms with Crippen molar-refractivity contribution in [3.63, 3.8) is 0 Å². The van der Waals surface area contributed by atoms with Crippen LogP contribution in [0.4, 0.5) is 0 Å². The fraction of sp³-hybridized carbons (Fsp3) is 0.364. The van der Waals surface area contributed by atoms with E-state index in [9.17, 15) is 18.0 Å². The highest BCUT2D eigenvalue weighted by Gasteiger charge is 2.43. The Labute approximate surface area is 187 Å². The Morgan fingerprint density at radius 2 is 1.59 bits per heavy atom. The average molecular weight is 463 g/mol. The molecule has 0 fully saturated rings. The number of methoxy groups -OCH3 is 3. The Hall–Kier alpha value is -3.27. The number of benzene rings is 2. The van der Waals surface area contributed by atoms with Gasteiger partial charge in [0.05, 0.1) is 32.9 Å². The molecule has 0 spiro atoms.